The topological polar surface area (TPSA) is 84.0 Å². The van der Waals surface area contributed by atoms with Crippen molar-refractivity contribution in [3.63, 3.8) is 0 Å². The highest BCUT2D eigenvalue weighted by Gasteiger charge is 2.10. The Bertz CT molecular complexity index is 712. The molecular formula is C17H20N4O2S. The van der Waals surface area contributed by atoms with Crippen LogP contribution < -0.4 is 10.6 Å². The summed E-state index contributed by atoms with van der Waals surface area (Å²) in [5, 5.41) is 5.98. The molecule has 126 valence electrons. The van der Waals surface area contributed by atoms with Crippen molar-refractivity contribution in [2.24, 2.45) is 0 Å². The Morgan fingerprint density at radius 1 is 1.04 bits per heavy atom. The van der Waals surface area contributed by atoms with Crippen LogP contribution in [-0.4, -0.2) is 34.1 Å². The van der Waals surface area contributed by atoms with Crippen molar-refractivity contribution in [3.8, 4) is 0 Å². The molecule has 7 heteroatoms. The Morgan fingerprint density at radius 2 is 1.67 bits per heavy atom. The molecule has 0 spiro atoms. The van der Waals surface area contributed by atoms with Gasteiger partial charge in [-0.05, 0) is 38.0 Å². The van der Waals surface area contributed by atoms with Crippen molar-refractivity contribution in [2.75, 3.05) is 17.6 Å². The third kappa shape index (κ3) is 5.34. The molecule has 24 heavy (non-hydrogen) atoms. The second kappa shape index (κ2) is 8.44. The molecule has 0 bridgehead atoms. The quantitative estimate of drug-likeness (QED) is 0.620. The highest BCUT2D eigenvalue weighted by molar-refractivity contribution is 7.99. The lowest BCUT2D eigenvalue weighted by atomic mass is 10.1. The number of hydrogen-bond donors (Lipinski definition) is 2. The van der Waals surface area contributed by atoms with Crippen LogP contribution in [0.2, 0.25) is 0 Å². The summed E-state index contributed by atoms with van der Waals surface area (Å²) in [7, 11) is 0. The zero-order valence-corrected chi connectivity index (χ0v) is 14.7. The molecule has 0 saturated heterocycles. The maximum atomic E-state index is 12.0. The molecule has 0 saturated carbocycles. The minimum Gasteiger partial charge on any atom is -0.346 e. The molecule has 1 aromatic carbocycles. The molecule has 0 unspecified atom stereocenters. The molecule has 0 atom stereocenters. The number of aromatic nitrogens is 2. The second-order valence-electron chi connectivity index (χ2n) is 5.42. The first-order valence-electron chi connectivity index (χ1n) is 7.50. The highest BCUT2D eigenvalue weighted by atomic mass is 32.2. The molecule has 0 aliphatic heterocycles. The van der Waals surface area contributed by atoms with E-state index in [0.29, 0.717) is 5.16 Å². The van der Waals surface area contributed by atoms with Gasteiger partial charge in [-0.2, -0.15) is 0 Å². The van der Waals surface area contributed by atoms with Gasteiger partial charge in [-0.3, -0.25) is 9.59 Å². The van der Waals surface area contributed by atoms with E-state index in [9.17, 15) is 9.59 Å². The second-order valence-corrected chi connectivity index (χ2v) is 6.36. The number of thioether (sulfide) groups is 1. The van der Waals surface area contributed by atoms with E-state index in [2.05, 4.69) is 20.6 Å². The largest absolute Gasteiger partial charge is 0.346 e. The Labute approximate surface area is 145 Å². The van der Waals surface area contributed by atoms with Crippen LogP contribution in [0.25, 0.3) is 0 Å². The van der Waals surface area contributed by atoms with Crippen molar-refractivity contribution in [3.05, 3.63) is 47.3 Å². The number of nitrogens with one attached hydrogen (secondary N) is 2. The van der Waals surface area contributed by atoms with Gasteiger partial charge in [0.2, 0.25) is 11.8 Å². The summed E-state index contributed by atoms with van der Waals surface area (Å²) in [6, 6.07) is 5.74. The maximum absolute atomic E-state index is 12.0. The van der Waals surface area contributed by atoms with E-state index >= 15 is 0 Å². The van der Waals surface area contributed by atoms with Gasteiger partial charge in [0.15, 0.2) is 5.16 Å². The first kappa shape index (κ1) is 17.9. The SMILES string of the molecule is Cc1cc(C)c(NC(=O)CNC(=O)CSc2ncccn2)c(C)c1. The zero-order valence-electron chi connectivity index (χ0n) is 13.9. The Kier molecular flexibility index (Phi) is 6.31. The van der Waals surface area contributed by atoms with Crippen LogP contribution in [0.4, 0.5) is 5.69 Å². The van der Waals surface area contributed by atoms with Crippen LogP contribution >= 0.6 is 11.8 Å². The molecule has 1 aromatic heterocycles. The van der Waals surface area contributed by atoms with Gasteiger partial charge in [-0.1, -0.05) is 29.5 Å². The normalized spacial score (nSPS) is 10.3. The average molecular weight is 344 g/mol. The van der Waals surface area contributed by atoms with Crippen molar-refractivity contribution >= 4 is 29.3 Å². The van der Waals surface area contributed by atoms with Crippen LogP contribution in [0, 0.1) is 20.8 Å². The van der Waals surface area contributed by atoms with E-state index in [1.54, 1.807) is 18.5 Å². The monoisotopic (exact) mass is 344 g/mol. The molecule has 2 amide bonds. The Morgan fingerprint density at radius 3 is 2.29 bits per heavy atom. The fourth-order valence-electron chi connectivity index (χ4n) is 2.28. The van der Waals surface area contributed by atoms with Crippen LogP contribution in [0.5, 0.6) is 0 Å². The van der Waals surface area contributed by atoms with Crippen LogP contribution in [0.3, 0.4) is 0 Å². The molecule has 0 aliphatic rings. The number of carbonyl (C=O) groups is 2. The number of carbonyl (C=O) groups excluding carboxylic acids is 2. The molecule has 0 fully saturated rings. The minimum atomic E-state index is -0.251. The summed E-state index contributed by atoms with van der Waals surface area (Å²) in [5.41, 5.74) is 3.95. The first-order chi connectivity index (χ1) is 11.5. The van der Waals surface area contributed by atoms with Gasteiger partial charge >= 0.3 is 0 Å². The smallest absolute Gasteiger partial charge is 0.243 e. The van der Waals surface area contributed by atoms with Crippen molar-refractivity contribution in [2.45, 2.75) is 25.9 Å². The molecule has 0 aliphatic carbocycles. The predicted octanol–water partition coefficient (Wildman–Crippen LogP) is 2.25. The number of anilines is 1. The summed E-state index contributed by atoms with van der Waals surface area (Å²) in [6.07, 6.45) is 3.24. The lowest BCUT2D eigenvalue weighted by Crippen LogP contribution is -2.34. The van der Waals surface area contributed by atoms with Gasteiger partial charge in [0.05, 0.1) is 12.3 Å². The fraction of sp³-hybridized carbons (Fsp3) is 0.294. The predicted molar refractivity (Wildman–Crippen MR) is 95.0 cm³/mol. The van der Waals surface area contributed by atoms with E-state index < -0.39 is 0 Å². The third-order valence-corrected chi connectivity index (χ3v) is 4.14. The number of rotatable bonds is 6. The average Bonchev–Trinajstić information content (AvgIpc) is 2.55. The van der Waals surface area contributed by atoms with Crippen molar-refractivity contribution in [1.29, 1.82) is 0 Å². The molecular weight excluding hydrogens is 324 g/mol. The standard InChI is InChI=1S/C17H20N4O2S/c1-11-7-12(2)16(13(3)8-11)21-14(22)9-20-15(23)10-24-17-18-5-4-6-19-17/h4-8H,9-10H2,1-3H3,(H,20,23)(H,21,22). The fourth-order valence-corrected chi connectivity index (χ4v) is 2.91. The minimum absolute atomic E-state index is 0.0677. The number of nitrogens with zero attached hydrogens (tertiary/aromatic N) is 2. The number of benzene rings is 1. The molecule has 0 radical (unpaired) electrons. The van der Waals surface area contributed by atoms with Crippen LogP contribution in [0.15, 0.2) is 35.7 Å². The van der Waals surface area contributed by atoms with E-state index in [1.807, 2.05) is 32.9 Å². The first-order valence-corrected chi connectivity index (χ1v) is 8.48. The lowest BCUT2D eigenvalue weighted by Gasteiger charge is -2.13. The summed E-state index contributed by atoms with van der Waals surface area (Å²) >= 11 is 1.22. The van der Waals surface area contributed by atoms with Crippen LogP contribution in [0.1, 0.15) is 16.7 Å². The molecule has 2 aromatic rings. The van der Waals surface area contributed by atoms with Gasteiger partial charge < -0.3 is 10.6 Å². The third-order valence-electron chi connectivity index (χ3n) is 3.26. The number of amides is 2. The van der Waals surface area contributed by atoms with Crippen molar-refractivity contribution in [1.82, 2.24) is 15.3 Å². The Hall–Kier alpha value is -2.41. The van der Waals surface area contributed by atoms with Gasteiger partial charge in [0.1, 0.15) is 0 Å². The molecule has 1 heterocycles. The lowest BCUT2D eigenvalue weighted by molar-refractivity contribution is -0.122. The van der Waals surface area contributed by atoms with Gasteiger partial charge in [0.25, 0.3) is 0 Å². The summed E-state index contributed by atoms with van der Waals surface area (Å²) in [6.45, 7) is 5.84. The van der Waals surface area contributed by atoms with Gasteiger partial charge in [-0.25, -0.2) is 9.97 Å². The van der Waals surface area contributed by atoms with E-state index in [0.717, 1.165) is 22.4 Å². The van der Waals surface area contributed by atoms with E-state index in [1.165, 1.54) is 11.8 Å². The molecule has 6 nitrogen and oxygen atoms in total. The summed E-state index contributed by atoms with van der Waals surface area (Å²) in [4.78, 5) is 31.8. The number of aryl methyl sites for hydroxylation is 3. The van der Waals surface area contributed by atoms with E-state index in [-0.39, 0.29) is 24.1 Å². The van der Waals surface area contributed by atoms with Crippen molar-refractivity contribution < 1.29 is 9.59 Å². The molecule has 2 N–H and O–H groups in total. The van der Waals surface area contributed by atoms with Gasteiger partial charge in [0, 0.05) is 18.1 Å². The van der Waals surface area contributed by atoms with E-state index in [4.69, 9.17) is 0 Å². The summed E-state index contributed by atoms with van der Waals surface area (Å²) < 4.78 is 0. The highest BCUT2D eigenvalue weighted by Crippen LogP contribution is 2.21. The molecule has 2 rings (SSSR count). The van der Waals surface area contributed by atoms with Gasteiger partial charge in [-0.15, -0.1) is 0 Å². The maximum Gasteiger partial charge on any atom is 0.243 e. The number of hydrogen-bond acceptors (Lipinski definition) is 5. The zero-order chi connectivity index (χ0) is 17.5. The Balaban J connectivity index is 1.80. The summed E-state index contributed by atoms with van der Waals surface area (Å²) in [5.74, 6) is -0.320. The van der Waals surface area contributed by atoms with Crippen LogP contribution in [-0.2, 0) is 9.59 Å².